The van der Waals surface area contributed by atoms with Crippen molar-refractivity contribution in [3.63, 3.8) is 0 Å². The molecule has 0 amide bonds. The van der Waals surface area contributed by atoms with Gasteiger partial charge in [0.2, 0.25) is 0 Å². The molecule has 0 fully saturated rings. The van der Waals surface area contributed by atoms with Gasteiger partial charge >= 0.3 is 0 Å². The van der Waals surface area contributed by atoms with Crippen LogP contribution in [0.5, 0.6) is 5.75 Å². The first kappa shape index (κ1) is 13.4. The van der Waals surface area contributed by atoms with Crippen LogP contribution in [0, 0.1) is 11.6 Å². The summed E-state index contributed by atoms with van der Waals surface area (Å²) < 4.78 is 31.8. The van der Waals surface area contributed by atoms with Crippen molar-refractivity contribution < 1.29 is 13.5 Å². The van der Waals surface area contributed by atoms with E-state index in [0.717, 1.165) is 6.07 Å². The van der Waals surface area contributed by atoms with E-state index in [1.165, 1.54) is 31.4 Å². The van der Waals surface area contributed by atoms with Gasteiger partial charge in [-0.15, -0.1) is 0 Å². The Morgan fingerprint density at radius 2 is 1.84 bits per heavy atom. The van der Waals surface area contributed by atoms with Crippen LogP contribution in [0.25, 0.3) is 0 Å². The maximum Gasteiger partial charge on any atom is 0.146 e. The van der Waals surface area contributed by atoms with Crippen molar-refractivity contribution in [1.29, 1.82) is 0 Å². The van der Waals surface area contributed by atoms with E-state index in [4.69, 9.17) is 22.1 Å². The maximum atomic E-state index is 13.6. The molecule has 100 valence electrons. The van der Waals surface area contributed by atoms with Gasteiger partial charge in [-0.25, -0.2) is 8.78 Å². The van der Waals surface area contributed by atoms with Gasteiger partial charge in [0, 0.05) is 12.1 Å². The van der Waals surface area contributed by atoms with Crippen molar-refractivity contribution in [3.8, 4) is 5.75 Å². The topological polar surface area (TPSA) is 47.3 Å². The van der Waals surface area contributed by atoms with Gasteiger partial charge in [0.15, 0.2) is 0 Å². The van der Waals surface area contributed by atoms with Gasteiger partial charge in [-0.3, -0.25) is 0 Å². The van der Waals surface area contributed by atoms with Crippen LogP contribution in [0.2, 0.25) is 5.02 Å². The minimum absolute atomic E-state index is 0.0972. The number of methoxy groups -OCH3 is 1. The fourth-order valence-corrected chi connectivity index (χ4v) is 1.71. The zero-order valence-corrected chi connectivity index (χ0v) is 10.8. The van der Waals surface area contributed by atoms with Crippen molar-refractivity contribution in [3.05, 3.63) is 47.0 Å². The highest BCUT2D eigenvalue weighted by molar-refractivity contribution is 6.31. The van der Waals surface area contributed by atoms with Crippen molar-refractivity contribution in [1.82, 2.24) is 0 Å². The second kappa shape index (κ2) is 5.32. The summed E-state index contributed by atoms with van der Waals surface area (Å²) >= 11 is 5.66. The highest BCUT2D eigenvalue weighted by Gasteiger charge is 2.09. The Balaban J connectivity index is 2.38. The molecule has 0 radical (unpaired) electrons. The van der Waals surface area contributed by atoms with Gasteiger partial charge in [-0.05, 0) is 18.2 Å². The molecule has 3 nitrogen and oxygen atoms in total. The third-order valence-corrected chi connectivity index (χ3v) is 2.82. The number of halogens is 3. The largest absolute Gasteiger partial charge is 0.497 e. The van der Waals surface area contributed by atoms with Gasteiger partial charge in [0.1, 0.15) is 17.4 Å². The second-order valence-corrected chi connectivity index (χ2v) is 4.23. The average molecular weight is 285 g/mol. The summed E-state index contributed by atoms with van der Waals surface area (Å²) in [6.07, 6.45) is 0. The average Bonchev–Trinajstić information content (AvgIpc) is 2.38. The molecule has 0 saturated heterocycles. The van der Waals surface area contributed by atoms with E-state index in [1.807, 2.05) is 0 Å². The zero-order chi connectivity index (χ0) is 14.0. The number of nitrogens with two attached hydrogens (primary N) is 1. The zero-order valence-electron chi connectivity index (χ0n) is 10.0. The van der Waals surface area contributed by atoms with Crippen molar-refractivity contribution in [2.45, 2.75) is 0 Å². The summed E-state index contributed by atoms with van der Waals surface area (Å²) in [5.74, 6) is -0.632. The van der Waals surface area contributed by atoms with E-state index in [-0.39, 0.29) is 16.4 Å². The third-order valence-electron chi connectivity index (χ3n) is 2.54. The Morgan fingerprint density at radius 1 is 1.11 bits per heavy atom. The second-order valence-electron chi connectivity index (χ2n) is 3.82. The van der Waals surface area contributed by atoms with Crippen LogP contribution in [0.1, 0.15) is 0 Å². The highest BCUT2D eigenvalue weighted by atomic mass is 35.5. The van der Waals surface area contributed by atoms with Gasteiger partial charge in [0.05, 0.1) is 29.2 Å². The van der Waals surface area contributed by atoms with Crippen molar-refractivity contribution in [2.75, 3.05) is 18.2 Å². The molecule has 0 saturated carbocycles. The summed E-state index contributed by atoms with van der Waals surface area (Å²) in [5, 5.41) is 2.65. The van der Waals surface area contributed by atoms with E-state index < -0.39 is 11.6 Å². The number of nitrogen functional groups attached to an aromatic ring is 1. The van der Waals surface area contributed by atoms with E-state index in [0.29, 0.717) is 11.4 Å². The van der Waals surface area contributed by atoms with Crippen molar-refractivity contribution in [2.24, 2.45) is 0 Å². The molecule has 6 heteroatoms. The molecule has 0 aliphatic heterocycles. The van der Waals surface area contributed by atoms with Crippen LogP contribution in [-0.4, -0.2) is 7.11 Å². The van der Waals surface area contributed by atoms with Gasteiger partial charge in [-0.2, -0.15) is 0 Å². The molecule has 2 aromatic rings. The number of benzene rings is 2. The summed E-state index contributed by atoms with van der Waals surface area (Å²) in [6, 6.07) is 6.57. The number of anilines is 3. The first-order chi connectivity index (χ1) is 9.01. The van der Waals surface area contributed by atoms with Crippen LogP contribution in [-0.2, 0) is 0 Å². The quantitative estimate of drug-likeness (QED) is 0.839. The molecule has 0 unspecified atom stereocenters. The monoisotopic (exact) mass is 284 g/mol. The Morgan fingerprint density at radius 3 is 2.53 bits per heavy atom. The molecule has 19 heavy (non-hydrogen) atoms. The molecule has 0 spiro atoms. The van der Waals surface area contributed by atoms with Crippen molar-refractivity contribution >= 4 is 28.7 Å². The minimum Gasteiger partial charge on any atom is -0.497 e. The first-order valence-electron chi connectivity index (χ1n) is 5.36. The Kier molecular flexibility index (Phi) is 3.76. The van der Waals surface area contributed by atoms with Crippen LogP contribution in [0.3, 0.4) is 0 Å². The Bertz CT molecular complexity index is 620. The third kappa shape index (κ3) is 2.88. The summed E-state index contributed by atoms with van der Waals surface area (Å²) in [4.78, 5) is 0. The lowest BCUT2D eigenvalue weighted by atomic mass is 10.2. The van der Waals surface area contributed by atoms with Gasteiger partial charge in [-0.1, -0.05) is 11.6 Å². The number of rotatable bonds is 3. The summed E-state index contributed by atoms with van der Waals surface area (Å²) in [7, 11) is 1.47. The number of hydrogen-bond donors (Lipinski definition) is 2. The fourth-order valence-electron chi connectivity index (χ4n) is 1.54. The maximum absolute atomic E-state index is 13.6. The van der Waals surface area contributed by atoms with Crippen LogP contribution >= 0.6 is 11.6 Å². The molecule has 0 atom stereocenters. The Labute approximate surface area is 113 Å². The van der Waals surface area contributed by atoms with Crippen LogP contribution < -0.4 is 15.8 Å². The molecule has 0 aliphatic rings. The lowest BCUT2D eigenvalue weighted by molar-refractivity contribution is 0.414. The first-order valence-corrected chi connectivity index (χ1v) is 5.74. The molecule has 3 N–H and O–H groups in total. The molecular formula is C13H11ClF2N2O. The predicted molar refractivity (Wildman–Crippen MR) is 72.1 cm³/mol. The molecule has 0 heterocycles. The number of ether oxygens (including phenoxy) is 1. The molecule has 0 aromatic heterocycles. The van der Waals surface area contributed by atoms with Gasteiger partial charge in [0.25, 0.3) is 0 Å². The fraction of sp³-hybridized carbons (Fsp3) is 0.0769. The molecule has 2 aromatic carbocycles. The number of hydrogen-bond acceptors (Lipinski definition) is 3. The lowest BCUT2D eigenvalue weighted by Crippen LogP contribution is -2.00. The smallest absolute Gasteiger partial charge is 0.146 e. The molecular weight excluding hydrogens is 274 g/mol. The van der Waals surface area contributed by atoms with E-state index in [1.54, 1.807) is 0 Å². The van der Waals surface area contributed by atoms with E-state index in [9.17, 15) is 8.78 Å². The summed E-state index contributed by atoms with van der Waals surface area (Å²) in [6.45, 7) is 0. The predicted octanol–water partition coefficient (Wildman–Crippen LogP) is 3.95. The SMILES string of the molecule is COc1ccc(F)c(Nc2cc(Cl)c(F)cc2N)c1. The number of nitrogens with one attached hydrogen (secondary N) is 1. The lowest BCUT2D eigenvalue weighted by Gasteiger charge is -2.12. The Hall–Kier alpha value is -2.01. The molecule has 2 rings (SSSR count). The van der Waals surface area contributed by atoms with Crippen LogP contribution in [0.15, 0.2) is 30.3 Å². The molecule has 0 aliphatic carbocycles. The molecule has 0 bridgehead atoms. The minimum atomic E-state index is -0.629. The van der Waals surface area contributed by atoms with E-state index >= 15 is 0 Å². The normalized spacial score (nSPS) is 10.3. The van der Waals surface area contributed by atoms with Crippen LogP contribution in [0.4, 0.5) is 25.8 Å². The standard InChI is InChI=1S/C13H11ClF2N2O/c1-19-7-2-3-9(15)12(4-7)18-13-5-8(14)10(16)6-11(13)17/h2-6,18H,17H2,1H3. The van der Waals surface area contributed by atoms with Gasteiger partial charge < -0.3 is 15.8 Å². The summed E-state index contributed by atoms with van der Waals surface area (Å²) in [5.41, 5.74) is 6.25. The highest BCUT2D eigenvalue weighted by Crippen LogP contribution is 2.31. The van der Waals surface area contributed by atoms with E-state index in [2.05, 4.69) is 5.32 Å².